The van der Waals surface area contributed by atoms with Gasteiger partial charge in [0.05, 0.1) is 17.8 Å². The van der Waals surface area contributed by atoms with Gasteiger partial charge in [0, 0.05) is 36.0 Å². The Morgan fingerprint density at radius 3 is 2.35 bits per heavy atom. The van der Waals surface area contributed by atoms with E-state index in [9.17, 15) is 27.1 Å². The Bertz CT molecular complexity index is 1290. The van der Waals surface area contributed by atoms with Crippen LogP contribution in [0.5, 0.6) is 11.8 Å². The van der Waals surface area contributed by atoms with Gasteiger partial charge in [-0.2, -0.15) is 13.2 Å². The van der Waals surface area contributed by atoms with Gasteiger partial charge in [-0.3, -0.25) is 0 Å². The predicted octanol–water partition coefficient (Wildman–Crippen LogP) is 6.29. The number of nitrogens with zero attached hydrogens (tertiary/aromatic N) is 2. The van der Waals surface area contributed by atoms with Crippen LogP contribution < -0.4 is 9.47 Å². The highest BCUT2D eigenvalue weighted by Crippen LogP contribution is 2.39. The molecule has 0 amide bonds. The SMILES string of the molecule is CC1Cc2cnc(OCc3cc(-c4cnc(OCCC(C)(C)O)c(F)c4)c(C(F)(F)F)cc3F)cc2C1. The highest BCUT2D eigenvalue weighted by molar-refractivity contribution is 5.69. The second-order valence-electron chi connectivity index (χ2n) is 10.0. The van der Waals surface area contributed by atoms with Crippen LogP contribution in [0, 0.1) is 17.6 Å². The minimum atomic E-state index is -4.90. The fourth-order valence-corrected chi connectivity index (χ4v) is 4.21. The van der Waals surface area contributed by atoms with Gasteiger partial charge in [-0.15, -0.1) is 0 Å². The summed E-state index contributed by atoms with van der Waals surface area (Å²) in [5, 5.41) is 9.74. The van der Waals surface area contributed by atoms with Gasteiger partial charge in [-0.1, -0.05) is 6.92 Å². The molecular weight excluding hydrogens is 495 g/mol. The molecular formula is C27H27F5N2O3. The smallest absolute Gasteiger partial charge is 0.417 e. The maximum Gasteiger partial charge on any atom is 0.417 e. The van der Waals surface area contributed by atoms with Gasteiger partial charge >= 0.3 is 6.18 Å². The summed E-state index contributed by atoms with van der Waals surface area (Å²) >= 11 is 0. The van der Waals surface area contributed by atoms with Gasteiger partial charge in [0.2, 0.25) is 11.8 Å². The van der Waals surface area contributed by atoms with Gasteiger partial charge in [-0.05, 0) is 67.5 Å². The Balaban J connectivity index is 1.59. The monoisotopic (exact) mass is 522 g/mol. The molecule has 37 heavy (non-hydrogen) atoms. The van der Waals surface area contributed by atoms with Crippen LogP contribution in [0.3, 0.4) is 0 Å². The Morgan fingerprint density at radius 1 is 0.946 bits per heavy atom. The minimum absolute atomic E-state index is 0.0474. The summed E-state index contributed by atoms with van der Waals surface area (Å²) in [5.41, 5.74) is -0.913. The maximum atomic E-state index is 14.7. The summed E-state index contributed by atoms with van der Waals surface area (Å²) in [6.45, 7) is 4.81. The second kappa shape index (κ2) is 10.2. The molecule has 2 aromatic heterocycles. The zero-order valence-corrected chi connectivity index (χ0v) is 20.6. The van der Waals surface area contributed by atoms with E-state index in [0.29, 0.717) is 12.0 Å². The van der Waals surface area contributed by atoms with Crippen LogP contribution in [0.4, 0.5) is 22.0 Å². The van der Waals surface area contributed by atoms with Gasteiger partial charge in [-0.25, -0.2) is 18.7 Å². The fourth-order valence-electron chi connectivity index (χ4n) is 4.21. The van der Waals surface area contributed by atoms with Crippen molar-refractivity contribution >= 4 is 0 Å². The van der Waals surface area contributed by atoms with Crippen LogP contribution in [0.1, 0.15) is 49.4 Å². The number of hydrogen-bond donors (Lipinski definition) is 1. The third-order valence-electron chi connectivity index (χ3n) is 6.13. The average molecular weight is 523 g/mol. The van der Waals surface area contributed by atoms with E-state index < -0.39 is 40.4 Å². The lowest BCUT2D eigenvalue weighted by molar-refractivity contribution is -0.137. The molecule has 0 aliphatic heterocycles. The molecule has 0 bridgehead atoms. The lowest BCUT2D eigenvalue weighted by Gasteiger charge is -2.18. The molecule has 0 spiro atoms. The predicted molar refractivity (Wildman–Crippen MR) is 126 cm³/mol. The lowest BCUT2D eigenvalue weighted by Crippen LogP contribution is -2.22. The van der Waals surface area contributed by atoms with Crippen molar-refractivity contribution in [3.8, 4) is 22.9 Å². The zero-order chi connectivity index (χ0) is 27.0. The topological polar surface area (TPSA) is 64.5 Å². The summed E-state index contributed by atoms with van der Waals surface area (Å²) in [6, 6.07) is 3.97. The van der Waals surface area contributed by atoms with Gasteiger partial charge in [0.1, 0.15) is 12.4 Å². The van der Waals surface area contributed by atoms with E-state index in [-0.39, 0.29) is 36.6 Å². The molecule has 198 valence electrons. The van der Waals surface area contributed by atoms with Crippen LogP contribution in [-0.4, -0.2) is 27.3 Å². The van der Waals surface area contributed by atoms with E-state index in [4.69, 9.17) is 9.47 Å². The molecule has 0 saturated carbocycles. The standard InChI is InChI=1S/C27H27F5N2O3/c1-15-6-16-10-24(33-12-17(16)7-15)37-14-19-8-20(21(11-22(19)28)27(30,31)32)18-9-23(29)25(34-13-18)36-5-4-26(2,3)35/h8-13,15,35H,4-7,14H2,1-3H3. The summed E-state index contributed by atoms with van der Waals surface area (Å²) in [4.78, 5) is 8.02. The van der Waals surface area contributed by atoms with E-state index >= 15 is 0 Å². The summed E-state index contributed by atoms with van der Waals surface area (Å²) in [5.74, 6) is -1.78. The Morgan fingerprint density at radius 2 is 1.68 bits per heavy atom. The first kappa shape index (κ1) is 26.8. The first-order chi connectivity index (χ1) is 17.3. The van der Waals surface area contributed by atoms with Crippen LogP contribution >= 0.6 is 0 Å². The molecule has 5 nitrogen and oxygen atoms in total. The van der Waals surface area contributed by atoms with Crippen LogP contribution in [0.2, 0.25) is 0 Å². The highest BCUT2D eigenvalue weighted by Gasteiger charge is 2.35. The molecule has 2 heterocycles. The number of benzene rings is 1. The molecule has 10 heteroatoms. The van der Waals surface area contributed by atoms with Crippen LogP contribution in [0.15, 0.2) is 36.7 Å². The molecule has 0 fully saturated rings. The lowest BCUT2D eigenvalue weighted by atomic mass is 9.97. The minimum Gasteiger partial charge on any atom is -0.475 e. The Kier molecular flexibility index (Phi) is 7.41. The molecule has 1 aromatic carbocycles. The number of aromatic nitrogens is 2. The Labute approximate surface area is 211 Å². The normalized spacial score (nSPS) is 15.5. The molecule has 1 unspecified atom stereocenters. The van der Waals surface area contributed by atoms with Gasteiger partial charge < -0.3 is 14.6 Å². The molecule has 4 rings (SSSR count). The van der Waals surface area contributed by atoms with Gasteiger partial charge in [0.15, 0.2) is 5.82 Å². The van der Waals surface area contributed by atoms with Crippen molar-refractivity contribution in [1.82, 2.24) is 9.97 Å². The average Bonchev–Trinajstić information content (AvgIpc) is 3.17. The summed E-state index contributed by atoms with van der Waals surface area (Å²) in [7, 11) is 0. The second-order valence-corrected chi connectivity index (χ2v) is 10.0. The number of aliphatic hydroxyl groups is 1. The van der Waals surface area contributed by atoms with E-state index in [1.54, 1.807) is 26.1 Å². The third kappa shape index (κ3) is 6.54. The van der Waals surface area contributed by atoms with E-state index in [1.165, 1.54) is 0 Å². The van der Waals surface area contributed by atoms with E-state index in [0.717, 1.165) is 42.3 Å². The number of fused-ring (bicyclic) bond motifs is 1. The molecule has 1 aliphatic carbocycles. The number of halogens is 5. The Hall–Kier alpha value is -3.27. The molecule has 1 N–H and O–H groups in total. The molecule has 0 saturated heterocycles. The summed E-state index contributed by atoms with van der Waals surface area (Å²) < 4.78 is 81.4. The largest absolute Gasteiger partial charge is 0.475 e. The van der Waals surface area contributed by atoms with Crippen LogP contribution in [-0.2, 0) is 25.6 Å². The third-order valence-corrected chi connectivity index (χ3v) is 6.13. The van der Waals surface area contributed by atoms with Crippen molar-refractivity contribution in [3.63, 3.8) is 0 Å². The molecule has 3 aromatic rings. The molecule has 0 radical (unpaired) electrons. The number of ether oxygens (including phenoxy) is 2. The van der Waals surface area contributed by atoms with Crippen molar-refractivity contribution in [2.75, 3.05) is 6.61 Å². The number of rotatable bonds is 8. The van der Waals surface area contributed by atoms with E-state index in [2.05, 4.69) is 16.9 Å². The van der Waals surface area contributed by atoms with Gasteiger partial charge in [0.25, 0.3) is 0 Å². The first-order valence-corrected chi connectivity index (χ1v) is 11.8. The zero-order valence-electron chi connectivity index (χ0n) is 20.6. The molecule has 1 aliphatic rings. The molecule has 1 atom stereocenters. The number of pyridine rings is 2. The fraction of sp³-hybridized carbons (Fsp3) is 0.407. The number of hydrogen-bond acceptors (Lipinski definition) is 5. The summed E-state index contributed by atoms with van der Waals surface area (Å²) in [6.07, 6.45) is -0.211. The van der Waals surface area contributed by atoms with E-state index in [1.807, 2.05) is 0 Å². The van der Waals surface area contributed by atoms with Crippen molar-refractivity contribution in [3.05, 3.63) is 70.5 Å². The quantitative estimate of drug-likeness (QED) is 0.352. The highest BCUT2D eigenvalue weighted by atomic mass is 19.4. The van der Waals surface area contributed by atoms with Crippen molar-refractivity contribution in [1.29, 1.82) is 0 Å². The van der Waals surface area contributed by atoms with Crippen molar-refractivity contribution < 1.29 is 36.5 Å². The number of alkyl halides is 3. The first-order valence-electron chi connectivity index (χ1n) is 11.8. The maximum absolute atomic E-state index is 14.7. The van der Waals surface area contributed by atoms with Crippen molar-refractivity contribution in [2.24, 2.45) is 5.92 Å². The van der Waals surface area contributed by atoms with Crippen LogP contribution in [0.25, 0.3) is 11.1 Å². The van der Waals surface area contributed by atoms with Crippen molar-refractivity contribution in [2.45, 2.75) is 58.4 Å².